The van der Waals surface area contributed by atoms with Gasteiger partial charge in [-0.2, -0.15) is 0 Å². The molecule has 0 spiro atoms. The number of rotatable bonds is 2. The Morgan fingerprint density at radius 3 is 2.73 bits per heavy atom. The molecule has 2 unspecified atom stereocenters. The van der Waals surface area contributed by atoms with E-state index in [1.165, 1.54) is 11.3 Å². The van der Waals surface area contributed by atoms with E-state index in [0.29, 0.717) is 5.02 Å². The summed E-state index contributed by atoms with van der Waals surface area (Å²) in [4.78, 5) is 0.752. The van der Waals surface area contributed by atoms with E-state index in [1.807, 2.05) is 5.38 Å². The molecule has 0 amide bonds. The fraction of sp³-hybridized carbons (Fsp3) is 0.429. The Labute approximate surface area is 74.6 Å². The monoisotopic (exact) mass is 191 g/mol. The lowest BCUT2D eigenvalue weighted by atomic mass is 10.2. The molecule has 0 saturated heterocycles. The number of aliphatic hydroxyl groups excluding tert-OH is 1. The van der Waals surface area contributed by atoms with Crippen LogP contribution in [0, 0.1) is 0 Å². The summed E-state index contributed by atoms with van der Waals surface area (Å²) in [6.45, 7) is 1.75. The summed E-state index contributed by atoms with van der Waals surface area (Å²) >= 11 is 7.20. The first kappa shape index (κ1) is 9.00. The van der Waals surface area contributed by atoms with Crippen LogP contribution in [0.1, 0.15) is 17.9 Å². The molecule has 0 aliphatic carbocycles. The van der Waals surface area contributed by atoms with Crippen LogP contribution in [-0.2, 0) is 0 Å². The van der Waals surface area contributed by atoms with E-state index in [2.05, 4.69) is 0 Å². The van der Waals surface area contributed by atoms with Crippen LogP contribution in [-0.4, -0.2) is 11.1 Å². The highest BCUT2D eigenvalue weighted by Gasteiger charge is 2.16. The second-order valence-corrected chi connectivity index (χ2v) is 3.79. The molecule has 0 bridgehead atoms. The smallest absolute Gasteiger partial charge is 0.104 e. The van der Waals surface area contributed by atoms with Crippen molar-refractivity contribution < 1.29 is 5.11 Å². The molecule has 11 heavy (non-hydrogen) atoms. The van der Waals surface area contributed by atoms with E-state index in [9.17, 15) is 5.11 Å². The van der Waals surface area contributed by atoms with Crippen molar-refractivity contribution >= 4 is 22.9 Å². The van der Waals surface area contributed by atoms with Crippen LogP contribution in [0.4, 0.5) is 0 Å². The lowest BCUT2D eigenvalue weighted by molar-refractivity contribution is 0.157. The summed E-state index contributed by atoms with van der Waals surface area (Å²) in [6.07, 6.45) is -0.637. The van der Waals surface area contributed by atoms with E-state index in [4.69, 9.17) is 17.3 Å². The number of halogens is 1. The van der Waals surface area contributed by atoms with Gasteiger partial charge in [-0.3, -0.25) is 0 Å². The summed E-state index contributed by atoms with van der Waals surface area (Å²) in [5.41, 5.74) is 5.49. The maximum absolute atomic E-state index is 9.47. The van der Waals surface area contributed by atoms with E-state index in [0.717, 1.165) is 4.88 Å². The maximum atomic E-state index is 9.47. The number of hydrogen-bond donors (Lipinski definition) is 2. The summed E-state index contributed by atoms with van der Waals surface area (Å²) in [7, 11) is 0. The van der Waals surface area contributed by atoms with E-state index in [-0.39, 0.29) is 6.04 Å². The van der Waals surface area contributed by atoms with Crippen LogP contribution >= 0.6 is 22.9 Å². The van der Waals surface area contributed by atoms with Crippen molar-refractivity contribution in [1.82, 2.24) is 0 Å². The average molecular weight is 192 g/mol. The molecule has 0 aromatic carbocycles. The molecular formula is C7H10ClNOS. The molecule has 0 fully saturated rings. The van der Waals surface area contributed by atoms with Crippen molar-refractivity contribution in [1.29, 1.82) is 0 Å². The Bertz CT molecular complexity index is 236. The predicted octanol–water partition coefficient (Wildman–Crippen LogP) is 1.78. The van der Waals surface area contributed by atoms with Gasteiger partial charge >= 0.3 is 0 Å². The third kappa shape index (κ3) is 1.93. The van der Waals surface area contributed by atoms with Crippen LogP contribution in [0.2, 0.25) is 5.02 Å². The first-order valence-corrected chi connectivity index (χ1v) is 4.55. The number of thiophene rings is 1. The van der Waals surface area contributed by atoms with Gasteiger partial charge in [0.2, 0.25) is 0 Å². The normalized spacial score (nSPS) is 16.4. The molecule has 1 aromatic heterocycles. The third-order valence-corrected chi connectivity index (χ3v) is 2.84. The minimum Gasteiger partial charge on any atom is -0.386 e. The predicted molar refractivity (Wildman–Crippen MR) is 47.9 cm³/mol. The first-order chi connectivity index (χ1) is 5.13. The number of nitrogens with two attached hydrogens (primary N) is 1. The van der Waals surface area contributed by atoms with E-state index < -0.39 is 6.10 Å². The molecule has 0 radical (unpaired) electrons. The molecule has 1 heterocycles. The van der Waals surface area contributed by atoms with Crippen molar-refractivity contribution in [3.63, 3.8) is 0 Å². The van der Waals surface area contributed by atoms with Gasteiger partial charge in [-0.15, -0.1) is 11.3 Å². The highest BCUT2D eigenvalue weighted by molar-refractivity contribution is 7.10. The van der Waals surface area contributed by atoms with Gasteiger partial charge in [-0.05, 0) is 18.4 Å². The van der Waals surface area contributed by atoms with Gasteiger partial charge in [0.1, 0.15) is 6.10 Å². The zero-order valence-corrected chi connectivity index (χ0v) is 7.69. The summed E-state index contributed by atoms with van der Waals surface area (Å²) in [5, 5.41) is 11.9. The van der Waals surface area contributed by atoms with Crippen molar-refractivity contribution in [2.75, 3.05) is 0 Å². The highest BCUT2D eigenvalue weighted by atomic mass is 35.5. The molecule has 1 aromatic rings. The van der Waals surface area contributed by atoms with Crippen molar-refractivity contribution in [2.45, 2.75) is 19.1 Å². The Balaban J connectivity index is 2.84. The van der Waals surface area contributed by atoms with Gasteiger partial charge in [0, 0.05) is 6.04 Å². The van der Waals surface area contributed by atoms with Crippen LogP contribution in [0.15, 0.2) is 11.4 Å². The molecule has 0 saturated carbocycles. The maximum Gasteiger partial charge on any atom is 0.104 e. The standard InChI is InChI=1S/C7H10ClNOS/c1-4(9)6(10)7-5(8)2-3-11-7/h2-4,6,10H,9H2,1H3. The minimum atomic E-state index is -0.637. The summed E-state index contributed by atoms with van der Waals surface area (Å²) in [5.74, 6) is 0. The molecule has 0 aliphatic rings. The van der Waals surface area contributed by atoms with Gasteiger partial charge in [0.05, 0.1) is 9.90 Å². The van der Waals surface area contributed by atoms with Crippen molar-refractivity contribution in [2.24, 2.45) is 5.73 Å². The van der Waals surface area contributed by atoms with E-state index >= 15 is 0 Å². The number of hydrogen-bond acceptors (Lipinski definition) is 3. The Hall–Kier alpha value is -0.0900. The second-order valence-electron chi connectivity index (χ2n) is 2.44. The molecule has 4 heteroatoms. The van der Waals surface area contributed by atoms with Crippen LogP contribution in [0.5, 0.6) is 0 Å². The summed E-state index contributed by atoms with van der Waals surface area (Å²) in [6, 6.07) is 1.49. The topological polar surface area (TPSA) is 46.2 Å². The number of aliphatic hydroxyl groups is 1. The molecule has 2 atom stereocenters. The van der Waals surface area contributed by atoms with Gasteiger partial charge in [0.25, 0.3) is 0 Å². The molecular weight excluding hydrogens is 182 g/mol. The Kier molecular flexibility index (Phi) is 2.90. The Morgan fingerprint density at radius 2 is 2.36 bits per heavy atom. The fourth-order valence-electron chi connectivity index (χ4n) is 0.755. The molecule has 1 rings (SSSR count). The SMILES string of the molecule is CC(N)C(O)c1sccc1Cl. The second kappa shape index (κ2) is 3.54. The molecule has 3 N–H and O–H groups in total. The zero-order valence-electron chi connectivity index (χ0n) is 6.12. The first-order valence-electron chi connectivity index (χ1n) is 3.29. The fourth-order valence-corrected chi connectivity index (χ4v) is 2.02. The lowest BCUT2D eigenvalue weighted by Gasteiger charge is -2.12. The van der Waals surface area contributed by atoms with Gasteiger partial charge in [-0.25, -0.2) is 0 Å². The third-order valence-electron chi connectivity index (χ3n) is 1.41. The quantitative estimate of drug-likeness (QED) is 0.749. The summed E-state index contributed by atoms with van der Waals surface area (Å²) < 4.78 is 0. The van der Waals surface area contributed by atoms with Crippen LogP contribution in [0.25, 0.3) is 0 Å². The van der Waals surface area contributed by atoms with Gasteiger partial charge in [0.15, 0.2) is 0 Å². The van der Waals surface area contributed by atoms with Crippen LogP contribution < -0.4 is 5.73 Å². The van der Waals surface area contributed by atoms with Gasteiger partial charge in [-0.1, -0.05) is 11.6 Å². The van der Waals surface area contributed by atoms with Crippen LogP contribution in [0.3, 0.4) is 0 Å². The minimum absolute atomic E-state index is 0.272. The molecule has 0 aliphatic heterocycles. The largest absolute Gasteiger partial charge is 0.386 e. The Morgan fingerprint density at radius 1 is 1.73 bits per heavy atom. The van der Waals surface area contributed by atoms with Crippen molar-refractivity contribution in [3.05, 3.63) is 21.3 Å². The van der Waals surface area contributed by atoms with Crippen molar-refractivity contribution in [3.8, 4) is 0 Å². The highest BCUT2D eigenvalue weighted by Crippen LogP contribution is 2.29. The zero-order chi connectivity index (χ0) is 8.43. The lowest BCUT2D eigenvalue weighted by Crippen LogP contribution is -2.23. The van der Waals surface area contributed by atoms with E-state index in [1.54, 1.807) is 13.0 Å². The average Bonchev–Trinajstić information content (AvgIpc) is 2.33. The van der Waals surface area contributed by atoms with Gasteiger partial charge < -0.3 is 10.8 Å². The molecule has 62 valence electrons. The molecule has 2 nitrogen and oxygen atoms in total.